The molecule has 2 heterocycles. The molecule has 25 heavy (non-hydrogen) atoms. The summed E-state index contributed by atoms with van der Waals surface area (Å²) in [4.78, 5) is 17.4. The van der Waals surface area contributed by atoms with Gasteiger partial charge in [0.2, 0.25) is 0 Å². The van der Waals surface area contributed by atoms with Crippen LogP contribution in [0.5, 0.6) is 0 Å². The Bertz CT molecular complexity index is 1100. The summed E-state index contributed by atoms with van der Waals surface area (Å²) in [6, 6.07) is 16.9. The number of thiazole rings is 1. The Balaban J connectivity index is 1.80. The fourth-order valence-corrected chi connectivity index (χ4v) is 3.63. The molecule has 0 atom stereocenters. The molecule has 0 spiro atoms. The van der Waals surface area contributed by atoms with Crippen LogP contribution >= 0.6 is 22.9 Å². The number of rotatable bonds is 3. The number of nitrogens with zero attached hydrogens (tertiary/aromatic N) is 4. The highest BCUT2D eigenvalue weighted by atomic mass is 35.5. The second kappa shape index (κ2) is 6.31. The fourth-order valence-electron chi connectivity index (χ4n) is 2.57. The zero-order valence-electron chi connectivity index (χ0n) is 13.3. The Hall–Kier alpha value is -2.70. The van der Waals surface area contributed by atoms with Gasteiger partial charge in [-0.2, -0.15) is 4.68 Å². The van der Waals surface area contributed by atoms with Gasteiger partial charge in [0.25, 0.3) is 0 Å². The lowest BCUT2D eigenvalue weighted by atomic mass is 10.2. The number of aromatic nitrogens is 4. The van der Waals surface area contributed by atoms with Gasteiger partial charge in [-0.1, -0.05) is 48.0 Å². The topological polar surface area (TPSA) is 52.7 Å². The Morgan fingerprint density at radius 1 is 1.08 bits per heavy atom. The second-order valence-corrected chi connectivity index (χ2v) is 6.71. The van der Waals surface area contributed by atoms with Gasteiger partial charge in [0, 0.05) is 16.0 Å². The molecule has 0 saturated carbocycles. The van der Waals surface area contributed by atoms with Gasteiger partial charge in [-0.3, -0.25) is 0 Å². The number of hydrogen-bond donors (Lipinski definition) is 0. The highest BCUT2D eigenvalue weighted by molar-refractivity contribution is 7.12. The highest BCUT2D eigenvalue weighted by Gasteiger charge is 2.16. The maximum Gasteiger partial charge on any atom is 0.357 e. The lowest BCUT2D eigenvalue weighted by Crippen LogP contribution is -2.22. The summed E-state index contributed by atoms with van der Waals surface area (Å²) in [6.07, 6.45) is 0. The molecule has 0 N–H and O–H groups in total. The van der Waals surface area contributed by atoms with Crippen molar-refractivity contribution >= 4 is 22.9 Å². The minimum Gasteiger partial charge on any atom is -0.245 e. The van der Waals surface area contributed by atoms with Gasteiger partial charge < -0.3 is 0 Å². The summed E-state index contributed by atoms with van der Waals surface area (Å²) >= 11 is 7.43. The minimum absolute atomic E-state index is 0.270. The third-order valence-corrected chi connectivity index (χ3v) is 4.81. The van der Waals surface area contributed by atoms with Crippen molar-refractivity contribution in [3.8, 4) is 22.1 Å². The van der Waals surface area contributed by atoms with Crippen molar-refractivity contribution in [2.75, 3.05) is 0 Å². The molecule has 0 aliphatic heterocycles. The third-order valence-electron chi connectivity index (χ3n) is 3.75. The first-order valence-electron chi connectivity index (χ1n) is 7.59. The van der Waals surface area contributed by atoms with E-state index in [0.29, 0.717) is 21.7 Å². The average molecular weight is 369 g/mol. The Kier molecular flexibility index (Phi) is 3.99. The Labute approximate surface area is 152 Å². The van der Waals surface area contributed by atoms with E-state index in [9.17, 15) is 4.79 Å². The van der Waals surface area contributed by atoms with Gasteiger partial charge in [-0.05, 0) is 25.1 Å². The van der Waals surface area contributed by atoms with Crippen LogP contribution in [0, 0.1) is 6.92 Å². The van der Waals surface area contributed by atoms with Gasteiger partial charge >= 0.3 is 5.69 Å². The molecule has 124 valence electrons. The zero-order valence-corrected chi connectivity index (χ0v) is 14.8. The summed E-state index contributed by atoms with van der Waals surface area (Å²) in [5.74, 6) is 0.568. The van der Waals surface area contributed by atoms with E-state index < -0.39 is 0 Å². The van der Waals surface area contributed by atoms with Gasteiger partial charge in [0.15, 0.2) is 5.13 Å². The molecule has 4 rings (SSSR count). The SMILES string of the molecule is Cc1nn(-c2cccc(Cl)c2)c(=O)n1-c1nc(-c2ccccc2)cs1. The lowest BCUT2D eigenvalue weighted by Gasteiger charge is -1.99. The molecule has 0 amide bonds. The van der Waals surface area contributed by atoms with Crippen LogP contribution in [0.15, 0.2) is 64.8 Å². The van der Waals surface area contributed by atoms with E-state index in [0.717, 1.165) is 11.3 Å². The molecular formula is C18H13ClN4OS. The molecular weight excluding hydrogens is 356 g/mol. The molecule has 0 saturated heterocycles. The van der Waals surface area contributed by atoms with Crippen molar-refractivity contribution < 1.29 is 0 Å². The van der Waals surface area contributed by atoms with Gasteiger partial charge in [0.1, 0.15) is 5.82 Å². The minimum atomic E-state index is -0.270. The molecule has 4 aromatic rings. The standard InChI is InChI=1S/C18H13ClN4OS/c1-12-21-23(15-9-5-8-14(19)10-15)18(24)22(12)17-20-16(11-25-17)13-6-3-2-4-7-13/h2-11H,1H3. The molecule has 5 nitrogen and oxygen atoms in total. The average Bonchev–Trinajstić information content (AvgIpc) is 3.20. The van der Waals surface area contributed by atoms with Crippen molar-refractivity contribution in [3.05, 3.63) is 81.3 Å². The van der Waals surface area contributed by atoms with E-state index in [2.05, 4.69) is 10.1 Å². The number of hydrogen-bond acceptors (Lipinski definition) is 4. The van der Waals surface area contributed by atoms with Crippen molar-refractivity contribution in [1.29, 1.82) is 0 Å². The smallest absolute Gasteiger partial charge is 0.245 e. The van der Waals surface area contributed by atoms with Crippen molar-refractivity contribution in [2.45, 2.75) is 6.92 Å². The van der Waals surface area contributed by atoms with E-state index in [1.54, 1.807) is 31.2 Å². The molecule has 2 aromatic heterocycles. The van der Waals surface area contributed by atoms with Crippen LogP contribution < -0.4 is 5.69 Å². The summed E-state index contributed by atoms with van der Waals surface area (Å²) < 4.78 is 2.85. The number of benzene rings is 2. The maximum atomic E-state index is 12.8. The molecule has 0 bridgehead atoms. The van der Waals surface area contributed by atoms with E-state index >= 15 is 0 Å². The van der Waals surface area contributed by atoms with Gasteiger partial charge in [-0.15, -0.1) is 16.4 Å². The Morgan fingerprint density at radius 2 is 1.88 bits per heavy atom. The highest BCUT2D eigenvalue weighted by Crippen LogP contribution is 2.24. The van der Waals surface area contributed by atoms with Crippen molar-refractivity contribution in [3.63, 3.8) is 0 Å². The quantitative estimate of drug-likeness (QED) is 0.547. The summed E-state index contributed by atoms with van der Waals surface area (Å²) in [5, 5.41) is 7.44. The van der Waals surface area contributed by atoms with Crippen LogP contribution in [0.4, 0.5) is 0 Å². The number of aryl methyl sites for hydroxylation is 1. The van der Waals surface area contributed by atoms with Crippen LogP contribution in [0.1, 0.15) is 5.82 Å². The first kappa shape index (κ1) is 15.8. The number of halogens is 1. The fraction of sp³-hybridized carbons (Fsp3) is 0.0556. The first-order chi connectivity index (χ1) is 12.1. The van der Waals surface area contributed by atoms with E-state index in [1.807, 2.05) is 35.7 Å². The predicted octanol–water partition coefficient (Wildman–Crippen LogP) is 4.11. The van der Waals surface area contributed by atoms with Crippen LogP contribution in [0.25, 0.3) is 22.1 Å². The van der Waals surface area contributed by atoms with Gasteiger partial charge in [-0.25, -0.2) is 14.3 Å². The third kappa shape index (κ3) is 2.90. The van der Waals surface area contributed by atoms with Gasteiger partial charge in [0.05, 0.1) is 11.4 Å². The Morgan fingerprint density at radius 3 is 2.64 bits per heavy atom. The largest absolute Gasteiger partial charge is 0.357 e. The molecule has 2 aromatic carbocycles. The molecule has 0 radical (unpaired) electrons. The van der Waals surface area contributed by atoms with Crippen molar-refractivity contribution in [1.82, 2.24) is 19.3 Å². The van der Waals surface area contributed by atoms with Crippen LogP contribution in [0.2, 0.25) is 5.02 Å². The summed E-state index contributed by atoms with van der Waals surface area (Å²) in [7, 11) is 0. The molecule has 0 fully saturated rings. The zero-order chi connectivity index (χ0) is 17.4. The predicted molar refractivity (Wildman–Crippen MR) is 100 cm³/mol. The van der Waals surface area contributed by atoms with Crippen LogP contribution in [-0.2, 0) is 0 Å². The first-order valence-corrected chi connectivity index (χ1v) is 8.85. The maximum absolute atomic E-state index is 12.8. The van der Waals surface area contributed by atoms with E-state index in [-0.39, 0.29) is 5.69 Å². The van der Waals surface area contributed by atoms with E-state index in [1.165, 1.54) is 20.6 Å². The molecule has 7 heteroatoms. The molecule has 0 unspecified atom stereocenters. The summed E-state index contributed by atoms with van der Waals surface area (Å²) in [5.41, 5.74) is 2.20. The molecule has 0 aliphatic rings. The monoisotopic (exact) mass is 368 g/mol. The van der Waals surface area contributed by atoms with Crippen LogP contribution in [0.3, 0.4) is 0 Å². The lowest BCUT2D eigenvalue weighted by molar-refractivity contribution is 0.826. The van der Waals surface area contributed by atoms with Crippen LogP contribution in [-0.4, -0.2) is 19.3 Å². The molecule has 0 aliphatic carbocycles. The van der Waals surface area contributed by atoms with E-state index in [4.69, 9.17) is 11.6 Å². The van der Waals surface area contributed by atoms with Crippen molar-refractivity contribution in [2.24, 2.45) is 0 Å². The summed E-state index contributed by atoms with van der Waals surface area (Å²) in [6.45, 7) is 1.78. The second-order valence-electron chi connectivity index (χ2n) is 5.44. The normalized spacial score (nSPS) is 11.0.